The first-order valence-corrected chi connectivity index (χ1v) is 37.3. The minimum absolute atomic E-state index is 0.0993. The fourth-order valence-corrected chi connectivity index (χ4v) is 15.3. The van der Waals surface area contributed by atoms with E-state index in [4.69, 9.17) is 63.1 Å². The van der Waals surface area contributed by atoms with Gasteiger partial charge in [-0.25, -0.2) is 4.79 Å². The third-order valence-corrected chi connectivity index (χ3v) is 21.6. The second kappa shape index (κ2) is 35.4. The van der Waals surface area contributed by atoms with E-state index < -0.39 is 237 Å². The Morgan fingerprint density at radius 2 is 1.32 bits per heavy atom. The number of carbonyl (C=O) groups is 8. The SMILES string of the molecule is C1CN2CCC1CC2.CN[C@H](CC(C)C)C(=O)N[C@H]1C(=O)N[C@@H](CC(N)=O)C(=O)N[C@H]2C(=O)N[C@H]3C(=O)N[C@H](C(=O)N[C@H](C(=O)O)c4cc(O)cc(O)c4-c4cc3ccc4O)[C@H](O)c3ccc(c(Cl)c3)Oc3cc2cc(c3O[C@@H]2O[C@H](CO)[C@@H](O)[C@H](O)[C@H]2O[C@H]2C[C@](C)(NCCN)[C@H](O)[C@H](C)O2)Oc2ccc(cc2Cl)[C@H]1O. The van der Waals surface area contributed by atoms with Gasteiger partial charge in [0.2, 0.25) is 53.4 Å². The van der Waals surface area contributed by atoms with Crippen LogP contribution in [-0.4, -0.2) is 229 Å². The van der Waals surface area contributed by atoms with Crippen molar-refractivity contribution in [3.05, 3.63) is 117 Å². The number of hydrogen-bond donors (Lipinski definition) is 20. The molecule has 0 aromatic heterocycles. The Hall–Kier alpha value is -9.28. The van der Waals surface area contributed by atoms with Crippen molar-refractivity contribution in [3.63, 3.8) is 0 Å². The molecule has 22 N–H and O–H groups in total. The average molecular weight is 1600 g/mol. The Balaban J connectivity index is 0.00000144. The number of carboxylic acids is 1. The zero-order chi connectivity index (χ0) is 81.1. The average Bonchev–Trinajstić information content (AvgIpc) is 0.765. The number of aromatic hydroxyl groups is 3. The van der Waals surface area contributed by atoms with Crippen LogP contribution in [0.5, 0.6) is 46.0 Å². The van der Waals surface area contributed by atoms with E-state index in [1.165, 1.54) is 58.1 Å². The quantitative estimate of drug-likeness (QED) is 0.0649. The zero-order valence-corrected chi connectivity index (χ0v) is 63.0. The molecule has 35 nitrogen and oxygen atoms in total. The predicted octanol–water partition coefficient (Wildman–Crippen LogP) is 0.798. The molecule has 18 atom stereocenters. The molecule has 0 unspecified atom stereocenters. The number of likely N-dealkylation sites (N-methyl/N-ethyl adjacent to an activating group) is 1. The number of carbonyl (C=O) groups excluding carboxylic acids is 7. The molecule has 37 heteroatoms. The fraction of sp³-hybridized carbons (Fsp3) is 0.493. The molecule has 7 amide bonds. The van der Waals surface area contributed by atoms with Crippen molar-refractivity contribution in [2.75, 3.05) is 46.4 Å². The number of carboxylic acid groups (broad SMARTS) is 1. The predicted molar refractivity (Wildman–Crippen MR) is 396 cm³/mol. The summed E-state index contributed by atoms with van der Waals surface area (Å²) in [4.78, 5) is 120. The Bertz CT molecular complexity index is 4340. The number of nitrogens with zero attached hydrogens (tertiary/aromatic N) is 1. The minimum atomic E-state index is -2.35. The van der Waals surface area contributed by atoms with Crippen molar-refractivity contribution in [2.45, 2.75) is 175 Å². The van der Waals surface area contributed by atoms with Crippen LogP contribution < -0.4 is 68.2 Å². The number of nitrogens with one attached hydrogen (secondary N) is 8. The molecule has 5 fully saturated rings. The van der Waals surface area contributed by atoms with E-state index in [1.54, 1.807) is 13.8 Å². The van der Waals surface area contributed by atoms with Gasteiger partial charge in [0, 0.05) is 47.8 Å². The van der Waals surface area contributed by atoms with Crippen molar-refractivity contribution in [1.82, 2.24) is 47.4 Å². The molecule has 0 radical (unpaired) electrons. The maximum atomic E-state index is 16.1. The Morgan fingerprint density at radius 3 is 1.88 bits per heavy atom. The van der Waals surface area contributed by atoms with Crippen LogP contribution in [0.25, 0.3) is 11.1 Å². The molecule has 5 aromatic rings. The number of aliphatic carboxylic acids is 1. The number of ether oxygens (including phenoxy) is 6. The lowest BCUT2D eigenvalue weighted by Crippen LogP contribution is -2.65. The van der Waals surface area contributed by atoms with Crippen molar-refractivity contribution in [3.8, 4) is 57.1 Å². The van der Waals surface area contributed by atoms with Gasteiger partial charge in [-0.05, 0) is 155 Å². The number of nitrogens with two attached hydrogens (primary N) is 2. The first kappa shape index (κ1) is 83.6. The van der Waals surface area contributed by atoms with Gasteiger partial charge in [0.05, 0.1) is 41.3 Å². The van der Waals surface area contributed by atoms with E-state index >= 15 is 14.4 Å². The molecule has 5 aromatic carbocycles. The lowest BCUT2D eigenvalue weighted by Gasteiger charge is -2.48. The largest absolute Gasteiger partial charge is 0.508 e. The molecule has 10 aliphatic heterocycles. The number of benzene rings is 5. The monoisotopic (exact) mass is 1600 g/mol. The maximum Gasteiger partial charge on any atom is 0.330 e. The van der Waals surface area contributed by atoms with Crippen LogP contribution in [0.2, 0.25) is 10.0 Å². The minimum Gasteiger partial charge on any atom is -0.508 e. The molecule has 0 aliphatic carbocycles. The maximum absolute atomic E-state index is 16.1. The third-order valence-electron chi connectivity index (χ3n) is 21.0. The van der Waals surface area contributed by atoms with Gasteiger partial charge in [0.1, 0.15) is 89.5 Å². The van der Waals surface area contributed by atoms with E-state index in [9.17, 15) is 75.0 Å². The summed E-state index contributed by atoms with van der Waals surface area (Å²) in [5.74, 6) is -14.9. The fourth-order valence-electron chi connectivity index (χ4n) is 14.9. The second-order valence-electron chi connectivity index (χ2n) is 29.4. The third kappa shape index (κ3) is 18.5. The van der Waals surface area contributed by atoms with Crippen LogP contribution in [0.4, 0.5) is 0 Å². The van der Waals surface area contributed by atoms with Gasteiger partial charge >= 0.3 is 5.97 Å². The molecule has 13 bridgehead atoms. The van der Waals surface area contributed by atoms with Gasteiger partial charge in [-0.3, -0.25) is 33.6 Å². The van der Waals surface area contributed by atoms with E-state index in [0.29, 0.717) is 0 Å². The van der Waals surface area contributed by atoms with Crippen molar-refractivity contribution < 1.29 is 118 Å². The van der Waals surface area contributed by atoms with Crippen LogP contribution in [0.1, 0.15) is 124 Å². The Morgan fingerprint density at radius 1 is 0.714 bits per heavy atom. The number of aliphatic hydroxyl groups excluding tert-OH is 6. The lowest BCUT2D eigenvalue weighted by molar-refractivity contribution is -0.334. The zero-order valence-electron chi connectivity index (χ0n) is 61.5. The van der Waals surface area contributed by atoms with Gasteiger partial charge in [-0.1, -0.05) is 55.2 Å². The molecule has 10 heterocycles. The number of phenolic OH excluding ortho intramolecular Hbond substituents is 3. The smallest absolute Gasteiger partial charge is 0.330 e. The Kier molecular flexibility index (Phi) is 26.4. The number of fused-ring (bicyclic) bond motifs is 18. The molecule has 10 aliphatic rings. The number of hydrogen-bond acceptors (Lipinski definition) is 27. The van der Waals surface area contributed by atoms with E-state index in [0.717, 1.165) is 72.6 Å². The van der Waals surface area contributed by atoms with Crippen LogP contribution in [0.3, 0.4) is 0 Å². The number of amides is 7. The number of rotatable bonds is 16. The summed E-state index contributed by atoms with van der Waals surface area (Å²) in [5.41, 5.74) is 7.58. The van der Waals surface area contributed by atoms with Gasteiger partial charge < -0.3 is 138 Å². The molecule has 5 saturated heterocycles. The topological polar surface area (TPSA) is 546 Å². The van der Waals surface area contributed by atoms with Crippen LogP contribution in [0, 0.1) is 11.8 Å². The number of piperidine rings is 3. The highest BCUT2D eigenvalue weighted by Crippen LogP contribution is 2.50. The van der Waals surface area contributed by atoms with E-state index in [2.05, 4.69) is 47.4 Å². The summed E-state index contributed by atoms with van der Waals surface area (Å²) in [6.07, 6.45) is -13.9. The standard InChI is InChI=1S/C68H80Cl2N10O24.C7H13N/c1-25(2)14-36(73-5)60(91)79-51-53(86)28-7-10-40(34(69)16-28)100-42-18-30-19-43(57(42)104-67-58(56(89)55(88)44(24-81)102-67)103-46-23-68(4,74-13-12-71)59(90)26(3)99-46)101-41-11-8-29(17-35(41)70)54(87)52-65(96)78-50(66(97)98)33-20-31(82)21-39(84)47(33)32-15-27(6-9-38(32)83)48(62(93)80-52)77-63(94)49(30)76-61(92)37(22-45(72)85)75-64(51)95;1-4-8-5-2-7(1)3-6-8/h6-11,15-21,25-26,36-37,44,46,48-56,58-59,67,73-74,81-84,86-90H,12-14,22-24,71H2,1-5H3,(H2,72,85)(H,75,95)(H,76,92)(H,77,94)(H,78,96)(H,79,91)(H,80,93)(H,97,98);7H,1-6H2/t26-,36+,37-,44+,46-,48+,49+,50-,51+,52-,53+,54+,55+,56-,58+,59+,67-,68-;/m0./s1. The van der Waals surface area contributed by atoms with Gasteiger partial charge in [0.25, 0.3) is 0 Å². The summed E-state index contributed by atoms with van der Waals surface area (Å²) in [6.45, 7) is 10.4. The summed E-state index contributed by atoms with van der Waals surface area (Å²) in [6, 6.07) is -0.636. The van der Waals surface area contributed by atoms with E-state index in [1.807, 2.05) is 13.8 Å². The summed E-state index contributed by atoms with van der Waals surface area (Å²) < 4.78 is 38.8. The first-order valence-electron chi connectivity index (χ1n) is 36.5. The van der Waals surface area contributed by atoms with E-state index in [-0.39, 0.29) is 59.3 Å². The highest BCUT2D eigenvalue weighted by Gasteiger charge is 2.52. The van der Waals surface area contributed by atoms with Crippen LogP contribution in [0.15, 0.2) is 78.9 Å². The van der Waals surface area contributed by atoms with Gasteiger partial charge in [-0.2, -0.15) is 0 Å². The Labute approximate surface area is 651 Å². The highest BCUT2D eigenvalue weighted by atomic mass is 35.5. The molecule has 15 rings (SSSR count). The summed E-state index contributed by atoms with van der Waals surface area (Å²) >= 11 is 14.2. The van der Waals surface area contributed by atoms with Crippen molar-refractivity contribution in [1.29, 1.82) is 0 Å². The van der Waals surface area contributed by atoms with Gasteiger partial charge in [0.15, 0.2) is 29.9 Å². The normalized spacial score (nSPS) is 30.1. The molecule has 0 saturated carbocycles. The number of halogens is 2. The molecule has 0 spiro atoms. The molecular formula is C75H93Cl2N11O24. The highest BCUT2D eigenvalue weighted by molar-refractivity contribution is 6.32. The first-order chi connectivity index (χ1) is 53.2. The number of phenols is 3. The molecular weight excluding hydrogens is 1510 g/mol. The number of primary amides is 1. The summed E-state index contributed by atoms with van der Waals surface area (Å²) in [7, 11) is 1.47. The van der Waals surface area contributed by atoms with Crippen LogP contribution >= 0.6 is 23.2 Å². The van der Waals surface area contributed by atoms with Crippen molar-refractivity contribution >= 4 is 70.5 Å². The van der Waals surface area contributed by atoms with Crippen molar-refractivity contribution in [2.24, 2.45) is 23.3 Å². The number of aliphatic hydroxyl groups is 6. The van der Waals surface area contributed by atoms with Crippen LogP contribution in [-0.2, 0) is 52.6 Å². The molecule has 112 heavy (non-hydrogen) atoms. The molecule has 606 valence electrons. The lowest BCUT2D eigenvalue weighted by atomic mass is 9.85. The summed E-state index contributed by atoms with van der Waals surface area (Å²) in [5, 5.41) is 135. The second-order valence-corrected chi connectivity index (χ2v) is 30.2. The van der Waals surface area contributed by atoms with Gasteiger partial charge in [-0.15, -0.1) is 0 Å².